The standard InChI is InChI=1S/C24H28N6O3/c1-24(2)16-33-17-29(24)23(32)30-21-9-8-19(14-20(21)25-26-30)22(31)28-12-10-27(11-13-28)15-18-6-4-3-5-7-18/h3-9,14H,10-13,15-17H2,1-2H3. The predicted octanol–water partition coefficient (Wildman–Crippen LogP) is 2.43. The predicted molar refractivity (Wildman–Crippen MR) is 123 cm³/mol. The van der Waals surface area contributed by atoms with Crippen molar-refractivity contribution < 1.29 is 14.3 Å². The summed E-state index contributed by atoms with van der Waals surface area (Å²) in [6, 6.07) is 15.3. The van der Waals surface area contributed by atoms with Crippen LogP contribution in [0.3, 0.4) is 0 Å². The number of rotatable bonds is 3. The molecule has 2 aliphatic heterocycles. The van der Waals surface area contributed by atoms with Gasteiger partial charge in [-0.3, -0.25) is 14.6 Å². The highest BCUT2D eigenvalue weighted by atomic mass is 16.5. The van der Waals surface area contributed by atoms with Crippen LogP contribution in [-0.2, 0) is 11.3 Å². The maximum atomic E-state index is 13.1. The molecule has 0 bridgehead atoms. The molecule has 2 aromatic carbocycles. The Hall–Kier alpha value is -3.30. The molecule has 5 rings (SSSR count). The van der Waals surface area contributed by atoms with Crippen LogP contribution in [0.15, 0.2) is 48.5 Å². The topological polar surface area (TPSA) is 83.8 Å². The van der Waals surface area contributed by atoms with Crippen molar-refractivity contribution in [1.82, 2.24) is 29.7 Å². The van der Waals surface area contributed by atoms with E-state index in [-0.39, 0.29) is 18.7 Å². The first kappa shape index (κ1) is 21.5. The quantitative estimate of drug-likeness (QED) is 0.612. The van der Waals surface area contributed by atoms with Gasteiger partial charge in [-0.15, -0.1) is 5.10 Å². The van der Waals surface area contributed by atoms with Crippen molar-refractivity contribution in [3.05, 3.63) is 59.7 Å². The summed E-state index contributed by atoms with van der Waals surface area (Å²) in [6.45, 7) is 8.52. The van der Waals surface area contributed by atoms with Crippen LogP contribution < -0.4 is 0 Å². The Labute approximate surface area is 192 Å². The zero-order valence-electron chi connectivity index (χ0n) is 19.0. The summed E-state index contributed by atoms with van der Waals surface area (Å²) in [5.74, 6) is -0.0220. The molecule has 0 saturated carbocycles. The van der Waals surface area contributed by atoms with Gasteiger partial charge >= 0.3 is 6.03 Å². The highest BCUT2D eigenvalue weighted by Gasteiger charge is 2.38. The molecule has 0 spiro atoms. The highest BCUT2D eigenvalue weighted by molar-refractivity contribution is 5.98. The van der Waals surface area contributed by atoms with E-state index in [0.29, 0.717) is 36.3 Å². The van der Waals surface area contributed by atoms with Crippen molar-refractivity contribution in [2.75, 3.05) is 39.5 Å². The summed E-state index contributed by atoms with van der Waals surface area (Å²) >= 11 is 0. The van der Waals surface area contributed by atoms with Gasteiger partial charge in [0.2, 0.25) is 0 Å². The van der Waals surface area contributed by atoms with Gasteiger partial charge in [0, 0.05) is 38.3 Å². The molecule has 0 radical (unpaired) electrons. The van der Waals surface area contributed by atoms with Gasteiger partial charge in [0.15, 0.2) is 0 Å². The summed E-state index contributed by atoms with van der Waals surface area (Å²) in [6.07, 6.45) is 0. The maximum Gasteiger partial charge on any atom is 0.349 e. The van der Waals surface area contributed by atoms with Gasteiger partial charge in [-0.25, -0.2) is 4.79 Å². The van der Waals surface area contributed by atoms with Crippen molar-refractivity contribution in [3.63, 3.8) is 0 Å². The molecular weight excluding hydrogens is 420 g/mol. The Morgan fingerprint density at radius 1 is 1.03 bits per heavy atom. The van der Waals surface area contributed by atoms with Gasteiger partial charge in [-0.1, -0.05) is 35.5 Å². The number of piperazine rings is 1. The van der Waals surface area contributed by atoms with E-state index in [1.807, 2.05) is 24.8 Å². The molecule has 0 atom stereocenters. The van der Waals surface area contributed by atoms with Crippen LogP contribution in [0.1, 0.15) is 29.8 Å². The minimum absolute atomic E-state index is 0.0220. The fraction of sp³-hybridized carbons (Fsp3) is 0.417. The van der Waals surface area contributed by atoms with Crippen molar-refractivity contribution >= 4 is 23.0 Å². The number of fused-ring (bicyclic) bond motifs is 1. The average molecular weight is 449 g/mol. The monoisotopic (exact) mass is 448 g/mol. The summed E-state index contributed by atoms with van der Waals surface area (Å²) in [7, 11) is 0. The fourth-order valence-corrected chi connectivity index (χ4v) is 4.40. The van der Waals surface area contributed by atoms with Crippen molar-refractivity contribution in [2.24, 2.45) is 0 Å². The molecule has 3 aromatic rings. The molecule has 9 heteroatoms. The summed E-state index contributed by atoms with van der Waals surface area (Å²) in [5.41, 5.74) is 2.53. The Morgan fingerprint density at radius 3 is 2.48 bits per heavy atom. The number of carbonyl (C=O) groups is 2. The first-order valence-corrected chi connectivity index (χ1v) is 11.2. The molecule has 1 aromatic heterocycles. The number of amides is 2. The summed E-state index contributed by atoms with van der Waals surface area (Å²) in [4.78, 5) is 32.0. The molecule has 0 aliphatic carbocycles. The maximum absolute atomic E-state index is 13.1. The van der Waals surface area contributed by atoms with Crippen LogP contribution in [0, 0.1) is 0 Å². The Bertz CT molecular complexity index is 1170. The summed E-state index contributed by atoms with van der Waals surface area (Å²) < 4.78 is 6.73. The van der Waals surface area contributed by atoms with Crippen molar-refractivity contribution in [3.8, 4) is 0 Å². The molecule has 33 heavy (non-hydrogen) atoms. The summed E-state index contributed by atoms with van der Waals surface area (Å²) in [5, 5.41) is 8.21. The number of nitrogens with zero attached hydrogens (tertiary/aromatic N) is 6. The molecule has 172 valence electrons. The van der Waals surface area contributed by atoms with Crippen molar-refractivity contribution in [1.29, 1.82) is 0 Å². The molecule has 2 aliphatic rings. The first-order chi connectivity index (χ1) is 15.9. The molecule has 2 saturated heterocycles. The second-order valence-corrected chi connectivity index (χ2v) is 9.26. The second-order valence-electron chi connectivity index (χ2n) is 9.26. The Morgan fingerprint density at radius 2 is 1.79 bits per heavy atom. The van der Waals surface area contributed by atoms with E-state index >= 15 is 0 Å². The fourth-order valence-electron chi connectivity index (χ4n) is 4.40. The smallest absolute Gasteiger partial charge is 0.349 e. The van der Waals surface area contributed by atoms with E-state index in [9.17, 15) is 9.59 Å². The van der Waals surface area contributed by atoms with Crippen LogP contribution in [0.25, 0.3) is 11.0 Å². The second kappa shape index (κ2) is 8.57. The number of ether oxygens (including phenoxy) is 1. The Balaban J connectivity index is 1.26. The normalized spacial score (nSPS) is 18.7. The highest BCUT2D eigenvalue weighted by Crippen LogP contribution is 2.24. The lowest BCUT2D eigenvalue weighted by Gasteiger charge is -2.34. The molecule has 0 unspecified atom stereocenters. The van der Waals surface area contributed by atoms with E-state index in [2.05, 4.69) is 39.5 Å². The van der Waals surface area contributed by atoms with Gasteiger partial charge in [-0.2, -0.15) is 4.68 Å². The molecule has 2 amide bonds. The molecule has 0 N–H and O–H groups in total. The van der Waals surface area contributed by atoms with E-state index < -0.39 is 5.54 Å². The van der Waals surface area contributed by atoms with Crippen LogP contribution in [0.2, 0.25) is 0 Å². The third-order valence-electron chi connectivity index (χ3n) is 6.42. The molecule has 2 fully saturated rings. The van der Waals surface area contributed by atoms with Crippen molar-refractivity contribution in [2.45, 2.75) is 25.9 Å². The lowest BCUT2D eigenvalue weighted by Crippen LogP contribution is -2.48. The van der Waals surface area contributed by atoms with Gasteiger partial charge in [0.25, 0.3) is 5.91 Å². The largest absolute Gasteiger partial charge is 0.359 e. The zero-order chi connectivity index (χ0) is 23.0. The number of hydrogen-bond acceptors (Lipinski definition) is 6. The minimum Gasteiger partial charge on any atom is -0.359 e. The molecule has 9 nitrogen and oxygen atoms in total. The van der Waals surface area contributed by atoms with Crippen LogP contribution in [-0.4, -0.2) is 86.7 Å². The zero-order valence-corrected chi connectivity index (χ0v) is 19.0. The average Bonchev–Trinajstić information content (AvgIpc) is 3.41. The van der Waals surface area contributed by atoms with Gasteiger partial charge in [0.1, 0.15) is 12.2 Å². The van der Waals surface area contributed by atoms with E-state index in [4.69, 9.17) is 4.74 Å². The third kappa shape index (κ3) is 4.21. The lowest BCUT2D eigenvalue weighted by molar-refractivity contribution is 0.0628. The SMILES string of the molecule is CC1(C)COCN1C(=O)n1nnc2cc(C(=O)N3CCN(Cc4ccccc4)CC3)ccc21. The number of benzene rings is 2. The number of carbonyl (C=O) groups excluding carboxylic acids is 2. The number of hydrogen-bond donors (Lipinski definition) is 0. The molecular formula is C24H28N6O3. The first-order valence-electron chi connectivity index (χ1n) is 11.2. The van der Waals surface area contributed by atoms with Gasteiger partial charge in [0.05, 0.1) is 17.7 Å². The van der Waals surface area contributed by atoms with Crippen LogP contribution >= 0.6 is 0 Å². The van der Waals surface area contributed by atoms with Crippen LogP contribution in [0.4, 0.5) is 4.79 Å². The van der Waals surface area contributed by atoms with Gasteiger partial charge < -0.3 is 9.64 Å². The molecule has 3 heterocycles. The van der Waals surface area contributed by atoms with E-state index in [1.54, 1.807) is 23.1 Å². The van der Waals surface area contributed by atoms with E-state index in [1.165, 1.54) is 10.2 Å². The van der Waals surface area contributed by atoms with E-state index in [0.717, 1.165) is 19.6 Å². The lowest BCUT2D eigenvalue weighted by atomic mass is 10.1. The third-order valence-corrected chi connectivity index (χ3v) is 6.42. The Kier molecular flexibility index (Phi) is 5.59. The number of aromatic nitrogens is 3. The minimum atomic E-state index is -0.409. The van der Waals surface area contributed by atoms with Crippen LogP contribution in [0.5, 0.6) is 0 Å². The van der Waals surface area contributed by atoms with Gasteiger partial charge in [-0.05, 0) is 37.6 Å².